The molecule has 0 aliphatic heterocycles. The van der Waals surface area contributed by atoms with Gasteiger partial charge in [0.15, 0.2) is 0 Å². The standard InChI is InChI=1S/C43H66N8O18S/c1-42(2,68-18-16-43(3,4)69-19-17-45-31(52)12-10-26(38(61)62)50-41(67)51-27(39(63)64)11-13-33(54)55)15-14-32(53)47-28(20-24-8-6-5-7-9-24)36(59)46-22-25(44)35(58)48-29(21-34(56)57)37(60)49-30(23-70)40(65)66/h5-9,25-30,70H,10-23,44H2,1-4H3,(H,45,52)(H,46,59)(H,47,53)(H,48,58)(H,49,60)(H,54,55)(H,56,57)(H,61,62)(H,63,64)(H,65,66)(H2,50,51,67)/t25-,26-,27-,28-,29-,30-/m0/s1. The largest absolute Gasteiger partial charge is 0.481 e. The van der Waals surface area contributed by atoms with Crippen LogP contribution in [0.4, 0.5) is 4.79 Å². The van der Waals surface area contributed by atoms with Crippen molar-refractivity contribution in [3.63, 3.8) is 0 Å². The Morgan fingerprint density at radius 2 is 1.13 bits per heavy atom. The number of hydrogen-bond acceptors (Lipinski definition) is 15. The summed E-state index contributed by atoms with van der Waals surface area (Å²) in [6, 6.07) is -1.38. The quantitative estimate of drug-likeness (QED) is 0.0267. The Balaban J connectivity index is 2.67. The molecule has 0 saturated heterocycles. The second kappa shape index (κ2) is 30.8. The number of nitrogens with one attached hydrogen (secondary N) is 7. The fourth-order valence-corrected chi connectivity index (χ4v) is 6.27. The number of thiol groups is 1. The van der Waals surface area contributed by atoms with E-state index >= 15 is 0 Å². The highest BCUT2D eigenvalue weighted by Crippen LogP contribution is 2.21. The lowest BCUT2D eigenvalue weighted by molar-refractivity contribution is -0.143. The smallest absolute Gasteiger partial charge is 0.327 e. The number of carboxylic acids is 5. The van der Waals surface area contributed by atoms with Gasteiger partial charge in [0.05, 0.1) is 30.8 Å². The van der Waals surface area contributed by atoms with Gasteiger partial charge in [-0.1, -0.05) is 30.3 Å². The molecule has 0 aliphatic carbocycles. The average Bonchev–Trinajstić information content (AvgIpc) is 3.27. The highest BCUT2D eigenvalue weighted by Gasteiger charge is 2.31. The zero-order chi connectivity index (χ0) is 53.2. The Kier molecular flexibility index (Phi) is 27.0. The van der Waals surface area contributed by atoms with Crippen LogP contribution in [0.3, 0.4) is 0 Å². The van der Waals surface area contributed by atoms with Crippen molar-refractivity contribution in [1.82, 2.24) is 37.2 Å². The first-order valence-electron chi connectivity index (χ1n) is 22.0. The molecule has 0 aromatic heterocycles. The summed E-state index contributed by atoms with van der Waals surface area (Å²) in [5.41, 5.74) is 5.09. The van der Waals surface area contributed by atoms with Gasteiger partial charge in [0, 0.05) is 44.5 Å². The second-order valence-corrected chi connectivity index (χ2v) is 17.5. The van der Waals surface area contributed by atoms with Crippen LogP contribution in [-0.4, -0.2) is 170 Å². The Bertz CT molecular complexity index is 1970. The van der Waals surface area contributed by atoms with Gasteiger partial charge in [-0.05, 0) is 58.9 Å². The zero-order valence-electron chi connectivity index (χ0n) is 39.3. The topological polar surface area (TPSA) is 418 Å². The molecule has 0 radical (unpaired) electrons. The molecule has 1 aromatic rings. The number of urea groups is 1. The minimum atomic E-state index is -1.71. The lowest BCUT2D eigenvalue weighted by Crippen LogP contribution is -2.58. The van der Waals surface area contributed by atoms with Crippen molar-refractivity contribution in [2.24, 2.45) is 5.73 Å². The number of benzene rings is 1. The number of rotatable bonds is 35. The van der Waals surface area contributed by atoms with E-state index in [1.807, 2.05) is 5.32 Å². The van der Waals surface area contributed by atoms with E-state index < -0.39 is 139 Å². The third-order valence-corrected chi connectivity index (χ3v) is 10.5. The zero-order valence-corrected chi connectivity index (χ0v) is 40.2. The average molecular weight is 1020 g/mol. The van der Waals surface area contributed by atoms with Gasteiger partial charge in [-0.3, -0.25) is 33.6 Å². The lowest BCUT2D eigenvalue weighted by atomic mass is 10.0. The van der Waals surface area contributed by atoms with E-state index in [9.17, 15) is 73.2 Å². The molecule has 1 rings (SSSR count). The molecule has 70 heavy (non-hydrogen) atoms. The molecule has 392 valence electrons. The van der Waals surface area contributed by atoms with Gasteiger partial charge in [0.1, 0.15) is 36.3 Å². The third-order valence-electron chi connectivity index (χ3n) is 10.2. The van der Waals surface area contributed by atoms with Crippen LogP contribution in [0.2, 0.25) is 0 Å². The molecule has 0 bridgehead atoms. The third kappa shape index (κ3) is 26.3. The molecule has 0 fully saturated rings. The molecule has 6 atom stereocenters. The van der Waals surface area contributed by atoms with Crippen molar-refractivity contribution in [1.29, 1.82) is 0 Å². The number of carbonyl (C=O) groups excluding carboxylic acids is 6. The van der Waals surface area contributed by atoms with Crippen molar-refractivity contribution in [3.05, 3.63) is 35.9 Å². The van der Waals surface area contributed by atoms with E-state index in [2.05, 4.69) is 44.5 Å². The van der Waals surface area contributed by atoms with Gasteiger partial charge < -0.3 is 78.0 Å². The summed E-state index contributed by atoms with van der Waals surface area (Å²) in [5.74, 6) is -11.4. The molecule has 14 N–H and O–H groups in total. The van der Waals surface area contributed by atoms with Gasteiger partial charge in [-0.25, -0.2) is 19.2 Å². The van der Waals surface area contributed by atoms with Gasteiger partial charge in [0.2, 0.25) is 29.5 Å². The molecular formula is C43H66N8O18S. The van der Waals surface area contributed by atoms with Crippen LogP contribution in [0.5, 0.6) is 0 Å². The van der Waals surface area contributed by atoms with Crippen LogP contribution in [0.1, 0.15) is 84.6 Å². The van der Waals surface area contributed by atoms with Crippen molar-refractivity contribution in [3.8, 4) is 0 Å². The van der Waals surface area contributed by atoms with Crippen molar-refractivity contribution < 1.29 is 87.7 Å². The minimum Gasteiger partial charge on any atom is -0.481 e. The van der Waals surface area contributed by atoms with Crippen LogP contribution < -0.4 is 43.0 Å². The normalized spacial score (nSPS) is 13.9. The Morgan fingerprint density at radius 3 is 1.67 bits per heavy atom. The van der Waals surface area contributed by atoms with E-state index in [1.54, 1.807) is 58.0 Å². The molecule has 7 amide bonds. The van der Waals surface area contributed by atoms with Crippen LogP contribution in [-0.2, 0) is 63.8 Å². The summed E-state index contributed by atoms with van der Waals surface area (Å²) in [7, 11) is 0. The number of carboxylic acid groups (broad SMARTS) is 5. The Labute approximate surface area is 408 Å². The number of amides is 7. The van der Waals surface area contributed by atoms with E-state index in [-0.39, 0.29) is 57.6 Å². The fourth-order valence-electron chi connectivity index (χ4n) is 6.03. The van der Waals surface area contributed by atoms with E-state index in [1.165, 1.54) is 0 Å². The monoisotopic (exact) mass is 1010 g/mol. The first-order chi connectivity index (χ1) is 32.6. The molecule has 27 heteroatoms. The highest BCUT2D eigenvalue weighted by atomic mass is 32.1. The van der Waals surface area contributed by atoms with Crippen molar-refractivity contribution >= 4 is 78.0 Å². The van der Waals surface area contributed by atoms with Gasteiger partial charge >= 0.3 is 35.9 Å². The Hall–Kier alpha value is -6.58. The summed E-state index contributed by atoms with van der Waals surface area (Å²) in [6.07, 6.45) is -1.96. The van der Waals surface area contributed by atoms with Gasteiger partial charge in [0.25, 0.3) is 0 Å². The van der Waals surface area contributed by atoms with E-state index in [4.69, 9.17) is 20.3 Å². The highest BCUT2D eigenvalue weighted by molar-refractivity contribution is 7.80. The molecule has 0 spiro atoms. The number of carbonyl (C=O) groups is 11. The molecule has 1 aromatic carbocycles. The summed E-state index contributed by atoms with van der Waals surface area (Å²) < 4.78 is 12.0. The van der Waals surface area contributed by atoms with Gasteiger partial charge in [-0.15, -0.1) is 0 Å². The maximum atomic E-state index is 13.4. The summed E-state index contributed by atoms with van der Waals surface area (Å²) in [5, 5.41) is 62.0. The van der Waals surface area contributed by atoms with Crippen molar-refractivity contribution in [2.45, 2.75) is 133 Å². The number of aliphatic carboxylic acids is 5. The van der Waals surface area contributed by atoms with Gasteiger partial charge in [-0.2, -0.15) is 12.6 Å². The molecule has 0 saturated carbocycles. The summed E-state index contributed by atoms with van der Waals surface area (Å²) in [6.45, 7) is 6.94. The molecule has 0 heterocycles. The number of hydrogen-bond donors (Lipinski definition) is 14. The lowest BCUT2D eigenvalue weighted by Gasteiger charge is -2.30. The first kappa shape index (κ1) is 61.4. The van der Waals surface area contributed by atoms with Crippen LogP contribution >= 0.6 is 12.6 Å². The predicted octanol–water partition coefficient (Wildman–Crippen LogP) is -1.66. The first-order valence-corrected chi connectivity index (χ1v) is 22.6. The summed E-state index contributed by atoms with van der Waals surface area (Å²) in [4.78, 5) is 133. The molecule has 0 unspecified atom stereocenters. The Morgan fingerprint density at radius 1 is 0.586 bits per heavy atom. The maximum Gasteiger partial charge on any atom is 0.327 e. The van der Waals surface area contributed by atoms with Crippen molar-refractivity contribution in [2.75, 3.05) is 32.1 Å². The molecule has 0 aliphatic rings. The predicted molar refractivity (Wildman–Crippen MR) is 248 cm³/mol. The fraction of sp³-hybridized carbons (Fsp3) is 0.605. The van der Waals surface area contributed by atoms with Crippen LogP contribution in [0.15, 0.2) is 30.3 Å². The summed E-state index contributed by atoms with van der Waals surface area (Å²) >= 11 is 3.84. The second-order valence-electron chi connectivity index (χ2n) is 17.1. The number of nitrogens with two attached hydrogens (primary N) is 1. The molecule has 26 nitrogen and oxygen atoms in total. The van der Waals surface area contributed by atoms with E-state index in [0.29, 0.717) is 12.0 Å². The van der Waals surface area contributed by atoms with Crippen LogP contribution in [0, 0.1) is 0 Å². The number of ether oxygens (including phenoxy) is 2. The molecular weight excluding hydrogens is 949 g/mol. The minimum absolute atomic E-state index is 0.0505. The maximum absolute atomic E-state index is 13.4. The SMILES string of the molecule is CC(C)(CCOC(C)(C)CCC(=O)N[C@@H](Cc1ccccc1)C(=O)NC[C@H](N)C(=O)N[C@@H](CC(=O)O)C(=O)N[C@@H](CS)C(=O)O)OCCNC(=O)CC[C@H](NC(=O)N[C@@H](CCC(=O)O)C(=O)O)C(=O)O. The van der Waals surface area contributed by atoms with Crippen LogP contribution in [0.25, 0.3) is 0 Å². The van der Waals surface area contributed by atoms with E-state index in [0.717, 1.165) is 0 Å².